The Labute approximate surface area is 126 Å². The van der Waals surface area contributed by atoms with Crippen molar-refractivity contribution in [3.63, 3.8) is 0 Å². The van der Waals surface area contributed by atoms with Crippen molar-refractivity contribution in [1.82, 2.24) is 10.1 Å². The van der Waals surface area contributed by atoms with Crippen LogP contribution in [0.5, 0.6) is 5.75 Å². The molecule has 3 rings (SSSR count). The molecule has 0 radical (unpaired) electrons. The summed E-state index contributed by atoms with van der Waals surface area (Å²) in [5, 5.41) is 13.3. The number of hydrogen-bond acceptors (Lipinski definition) is 6. The highest BCUT2D eigenvalue weighted by Gasteiger charge is 2.26. The fourth-order valence-electron chi connectivity index (χ4n) is 2.61. The first kappa shape index (κ1) is 14.5. The SMILES string of the molecule is COc1cc(CO[C@@H]2CCN(C(=O)O)C2)cc2onc(N)c12. The molecule has 1 aromatic carbocycles. The normalized spacial score (nSPS) is 18.0. The molecule has 3 N–H and O–H groups in total. The van der Waals surface area contributed by atoms with E-state index in [1.165, 1.54) is 4.90 Å². The van der Waals surface area contributed by atoms with Crippen LogP contribution in [0.15, 0.2) is 16.7 Å². The summed E-state index contributed by atoms with van der Waals surface area (Å²) in [6.07, 6.45) is -0.315. The summed E-state index contributed by atoms with van der Waals surface area (Å²) in [4.78, 5) is 12.2. The fraction of sp³-hybridized carbons (Fsp3) is 0.429. The van der Waals surface area contributed by atoms with Gasteiger partial charge in [-0.15, -0.1) is 0 Å². The van der Waals surface area contributed by atoms with Gasteiger partial charge >= 0.3 is 6.09 Å². The Morgan fingerprint density at radius 3 is 3.09 bits per heavy atom. The average molecular weight is 307 g/mol. The molecule has 22 heavy (non-hydrogen) atoms. The number of carbonyl (C=O) groups is 1. The summed E-state index contributed by atoms with van der Waals surface area (Å²) in [6.45, 7) is 1.23. The number of nitrogen functional groups attached to an aromatic ring is 1. The van der Waals surface area contributed by atoms with Crippen molar-refractivity contribution in [2.24, 2.45) is 0 Å². The second-order valence-corrected chi connectivity index (χ2v) is 5.19. The zero-order valence-electron chi connectivity index (χ0n) is 12.1. The van der Waals surface area contributed by atoms with Gasteiger partial charge in [-0.2, -0.15) is 0 Å². The molecular formula is C14H17N3O5. The van der Waals surface area contributed by atoms with E-state index in [1.54, 1.807) is 13.2 Å². The van der Waals surface area contributed by atoms with Crippen LogP contribution < -0.4 is 10.5 Å². The molecule has 118 valence electrons. The molecule has 1 aliphatic heterocycles. The number of amides is 1. The summed E-state index contributed by atoms with van der Waals surface area (Å²) < 4.78 is 16.2. The van der Waals surface area contributed by atoms with Crippen molar-refractivity contribution in [2.75, 3.05) is 25.9 Å². The number of anilines is 1. The van der Waals surface area contributed by atoms with Gasteiger partial charge in [-0.1, -0.05) is 5.16 Å². The van der Waals surface area contributed by atoms with Crippen LogP contribution in [0.3, 0.4) is 0 Å². The lowest BCUT2D eigenvalue weighted by atomic mass is 10.1. The first-order valence-corrected chi connectivity index (χ1v) is 6.89. The van der Waals surface area contributed by atoms with Crippen LogP contribution >= 0.6 is 0 Å². The minimum absolute atomic E-state index is 0.0995. The van der Waals surface area contributed by atoms with Crippen LogP contribution in [0, 0.1) is 0 Å². The minimum atomic E-state index is -0.911. The quantitative estimate of drug-likeness (QED) is 0.884. The summed E-state index contributed by atoms with van der Waals surface area (Å²) in [5.74, 6) is 0.862. The number of likely N-dealkylation sites (tertiary alicyclic amines) is 1. The monoisotopic (exact) mass is 307 g/mol. The topological polar surface area (TPSA) is 111 Å². The van der Waals surface area contributed by atoms with Gasteiger partial charge in [0, 0.05) is 6.54 Å². The van der Waals surface area contributed by atoms with Gasteiger partial charge in [-0.05, 0) is 24.1 Å². The lowest BCUT2D eigenvalue weighted by Gasteiger charge is -2.13. The Bertz CT molecular complexity index is 699. The number of nitrogens with zero attached hydrogens (tertiary/aromatic N) is 2. The van der Waals surface area contributed by atoms with Gasteiger partial charge in [0.25, 0.3) is 0 Å². The predicted molar refractivity (Wildman–Crippen MR) is 77.8 cm³/mol. The second kappa shape index (κ2) is 5.72. The number of fused-ring (bicyclic) bond motifs is 1. The van der Waals surface area contributed by atoms with Gasteiger partial charge in [0.1, 0.15) is 11.1 Å². The van der Waals surface area contributed by atoms with Gasteiger partial charge in [-0.3, -0.25) is 0 Å². The Morgan fingerprint density at radius 2 is 2.41 bits per heavy atom. The molecule has 1 atom stereocenters. The van der Waals surface area contributed by atoms with Crippen LogP contribution in [0.25, 0.3) is 11.0 Å². The van der Waals surface area contributed by atoms with Gasteiger partial charge in [0.2, 0.25) is 0 Å². The largest absolute Gasteiger partial charge is 0.496 e. The lowest BCUT2D eigenvalue weighted by molar-refractivity contribution is 0.0465. The molecule has 2 aromatic rings. The maximum Gasteiger partial charge on any atom is 0.407 e. The van der Waals surface area contributed by atoms with Gasteiger partial charge in [0.15, 0.2) is 11.4 Å². The number of nitrogens with two attached hydrogens (primary N) is 1. The first-order valence-electron chi connectivity index (χ1n) is 6.89. The van der Waals surface area contributed by atoms with Crippen LogP contribution in [0.2, 0.25) is 0 Å². The van der Waals surface area contributed by atoms with Gasteiger partial charge in [-0.25, -0.2) is 4.79 Å². The molecular weight excluding hydrogens is 290 g/mol. The zero-order chi connectivity index (χ0) is 15.7. The number of carboxylic acid groups (broad SMARTS) is 1. The van der Waals surface area contributed by atoms with E-state index in [0.717, 1.165) is 5.56 Å². The van der Waals surface area contributed by atoms with E-state index >= 15 is 0 Å². The highest BCUT2D eigenvalue weighted by molar-refractivity contribution is 5.93. The van der Waals surface area contributed by atoms with Crippen molar-refractivity contribution in [3.05, 3.63) is 17.7 Å². The molecule has 0 aliphatic carbocycles. The maximum absolute atomic E-state index is 10.9. The van der Waals surface area contributed by atoms with Crippen LogP contribution in [0.4, 0.5) is 10.6 Å². The third-order valence-electron chi connectivity index (χ3n) is 3.75. The van der Waals surface area contributed by atoms with E-state index in [9.17, 15) is 4.79 Å². The Hall–Kier alpha value is -2.48. The minimum Gasteiger partial charge on any atom is -0.496 e. The molecule has 1 aliphatic rings. The molecule has 0 saturated carbocycles. The first-order chi connectivity index (χ1) is 10.6. The summed E-state index contributed by atoms with van der Waals surface area (Å²) in [5.41, 5.74) is 7.13. The number of aromatic nitrogens is 1. The number of methoxy groups -OCH3 is 1. The van der Waals surface area contributed by atoms with E-state index in [-0.39, 0.29) is 11.9 Å². The number of rotatable bonds is 4. The lowest BCUT2D eigenvalue weighted by Crippen LogP contribution is -2.28. The van der Waals surface area contributed by atoms with Gasteiger partial charge in [0.05, 0.1) is 26.4 Å². The highest BCUT2D eigenvalue weighted by Crippen LogP contribution is 2.32. The third kappa shape index (κ3) is 2.64. The molecule has 1 fully saturated rings. The predicted octanol–water partition coefficient (Wildman–Crippen LogP) is 1.69. The average Bonchev–Trinajstić information content (AvgIpc) is 3.12. The van der Waals surface area contributed by atoms with Crippen LogP contribution in [0.1, 0.15) is 12.0 Å². The molecule has 0 unspecified atom stereocenters. The molecule has 2 heterocycles. The fourth-order valence-corrected chi connectivity index (χ4v) is 2.61. The van der Waals surface area contributed by atoms with E-state index in [4.69, 9.17) is 24.8 Å². The van der Waals surface area contributed by atoms with Crippen molar-refractivity contribution in [2.45, 2.75) is 19.1 Å². The van der Waals surface area contributed by atoms with Crippen molar-refractivity contribution < 1.29 is 23.9 Å². The molecule has 0 bridgehead atoms. The smallest absolute Gasteiger partial charge is 0.407 e. The molecule has 1 saturated heterocycles. The highest BCUT2D eigenvalue weighted by atomic mass is 16.5. The van der Waals surface area contributed by atoms with Crippen LogP contribution in [-0.4, -0.2) is 47.6 Å². The zero-order valence-corrected chi connectivity index (χ0v) is 12.1. The Kier molecular flexibility index (Phi) is 3.76. The van der Waals surface area contributed by atoms with Crippen molar-refractivity contribution in [1.29, 1.82) is 0 Å². The van der Waals surface area contributed by atoms with Gasteiger partial charge < -0.3 is 29.7 Å². The molecule has 1 aromatic heterocycles. The van der Waals surface area contributed by atoms with E-state index in [2.05, 4.69) is 5.16 Å². The third-order valence-corrected chi connectivity index (χ3v) is 3.75. The Morgan fingerprint density at radius 1 is 1.59 bits per heavy atom. The summed E-state index contributed by atoms with van der Waals surface area (Å²) in [6, 6.07) is 3.62. The molecule has 1 amide bonds. The molecule has 8 heteroatoms. The van der Waals surface area contributed by atoms with Crippen molar-refractivity contribution >= 4 is 22.9 Å². The maximum atomic E-state index is 10.9. The second-order valence-electron chi connectivity index (χ2n) is 5.19. The van der Waals surface area contributed by atoms with E-state index < -0.39 is 6.09 Å². The van der Waals surface area contributed by atoms with Crippen molar-refractivity contribution in [3.8, 4) is 5.75 Å². The number of hydrogen-bond donors (Lipinski definition) is 2. The standard InChI is InChI=1S/C14H17N3O5/c1-20-10-4-8(5-11-12(10)13(15)16-22-11)7-21-9-2-3-17(6-9)14(18)19/h4-5,9H,2-3,6-7H2,1H3,(H2,15,16)(H,18,19)/t9-/m1/s1. The van der Waals surface area contributed by atoms with E-state index in [0.29, 0.717) is 42.8 Å². The summed E-state index contributed by atoms with van der Waals surface area (Å²) >= 11 is 0. The molecule has 0 spiro atoms. The number of ether oxygens (including phenoxy) is 2. The Balaban J connectivity index is 1.71. The molecule has 8 nitrogen and oxygen atoms in total. The number of benzene rings is 1. The van der Waals surface area contributed by atoms with Crippen LogP contribution in [-0.2, 0) is 11.3 Å². The van der Waals surface area contributed by atoms with E-state index in [1.807, 2.05) is 6.07 Å². The summed E-state index contributed by atoms with van der Waals surface area (Å²) in [7, 11) is 1.55.